The van der Waals surface area contributed by atoms with E-state index in [1.807, 2.05) is 5.38 Å². The Hall–Kier alpha value is -2.17. The first-order valence-electron chi connectivity index (χ1n) is 6.02. The van der Waals surface area contributed by atoms with E-state index in [1.165, 1.54) is 17.7 Å². The maximum absolute atomic E-state index is 12.0. The first-order chi connectivity index (χ1) is 9.81. The Morgan fingerprint density at radius 2 is 2.45 bits per heavy atom. The van der Waals surface area contributed by atoms with Gasteiger partial charge in [-0.2, -0.15) is 4.98 Å². The van der Waals surface area contributed by atoms with E-state index in [9.17, 15) is 4.79 Å². The summed E-state index contributed by atoms with van der Waals surface area (Å²) in [6.07, 6.45) is 2.17. The Morgan fingerprint density at radius 3 is 3.20 bits per heavy atom. The maximum Gasteiger partial charge on any atom is 0.262 e. The molecule has 2 aromatic rings. The van der Waals surface area contributed by atoms with Gasteiger partial charge in [0.1, 0.15) is 4.88 Å². The third-order valence-corrected chi connectivity index (χ3v) is 3.29. The fraction of sp³-hybridized carbons (Fsp3) is 0.308. The van der Waals surface area contributed by atoms with Crippen LogP contribution >= 0.6 is 11.3 Å². The van der Waals surface area contributed by atoms with E-state index >= 15 is 0 Å². The zero-order valence-corrected chi connectivity index (χ0v) is 11.4. The average Bonchev–Trinajstić information content (AvgIpc) is 3.10. The number of hydrogen-bond acceptors (Lipinski definition) is 6. The van der Waals surface area contributed by atoms with Gasteiger partial charge in [-0.05, 0) is 11.4 Å². The van der Waals surface area contributed by atoms with E-state index in [1.54, 1.807) is 6.07 Å². The molecule has 6 nitrogen and oxygen atoms in total. The maximum atomic E-state index is 12.0. The highest BCUT2D eigenvalue weighted by Gasteiger charge is 2.11. The molecule has 0 atom stereocenters. The minimum Gasteiger partial charge on any atom is -0.395 e. The fourth-order valence-electron chi connectivity index (χ4n) is 1.47. The van der Waals surface area contributed by atoms with Crippen LogP contribution in [-0.2, 0) is 6.42 Å². The monoisotopic (exact) mass is 291 g/mol. The number of hydrogen-bond donors (Lipinski definition) is 2. The summed E-state index contributed by atoms with van der Waals surface area (Å²) in [5.41, 5.74) is 0.681. The van der Waals surface area contributed by atoms with Crippen LogP contribution < -0.4 is 5.32 Å². The van der Waals surface area contributed by atoms with Crippen molar-refractivity contribution in [3.63, 3.8) is 0 Å². The predicted molar refractivity (Wildman–Crippen MR) is 73.2 cm³/mol. The molecule has 20 heavy (non-hydrogen) atoms. The lowest BCUT2D eigenvalue weighted by molar-refractivity contribution is 0.0957. The number of aromatic nitrogens is 2. The van der Waals surface area contributed by atoms with Crippen molar-refractivity contribution in [2.75, 3.05) is 13.2 Å². The van der Waals surface area contributed by atoms with Gasteiger partial charge in [0, 0.05) is 24.9 Å². The van der Waals surface area contributed by atoms with Gasteiger partial charge in [-0.25, -0.2) is 0 Å². The molecule has 0 aliphatic heterocycles. The molecule has 0 bridgehead atoms. The van der Waals surface area contributed by atoms with Gasteiger partial charge in [-0.15, -0.1) is 11.3 Å². The van der Waals surface area contributed by atoms with Gasteiger partial charge < -0.3 is 14.9 Å². The Balaban J connectivity index is 1.89. The Labute approximate surface area is 119 Å². The third kappa shape index (κ3) is 3.91. The van der Waals surface area contributed by atoms with Crippen LogP contribution in [0, 0.1) is 11.8 Å². The molecule has 2 heterocycles. The van der Waals surface area contributed by atoms with Crippen molar-refractivity contribution in [1.29, 1.82) is 0 Å². The number of carbonyl (C=O) groups excluding carboxylic acids is 1. The molecule has 7 heteroatoms. The molecule has 0 aliphatic carbocycles. The summed E-state index contributed by atoms with van der Waals surface area (Å²) in [5, 5.41) is 16.9. The van der Waals surface area contributed by atoms with E-state index in [2.05, 4.69) is 31.8 Å². The standard InChI is InChI=1S/C13H13N3O3S/c17-7-2-1-3-10-5-8-20-12(10)13(18)14-6-4-11-15-9-19-16-11/h5,8-9,17H,2,4,6-7H2,(H,14,18). The zero-order chi connectivity index (χ0) is 14.2. The Bertz CT molecular complexity index is 610. The molecule has 0 aliphatic rings. The number of aliphatic hydroxyl groups excluding tert-OH is 1. The normalized spacial score (nSPS) is 9.85. The molecule has 0 spiro atoms. The molecule has 0 aromatic carbocycles. The minimum absolute atomic E-state index is 0.0172. The molecule has 2 aromatic heterocycles. The lowest BCUT2D eigenvalue weighted by Gasteiger charge is -2.01. The van der Waals surface area contributed by atoms with Crippen molar-refractivity contribution in [1.82, 2.24) is 15.5 Å². The van der Waals surface area contributed by atoms with E-state index in [0.29, 0.717) is 35.7 Å². The van der Waals surface area contributed by atoms with Crippen molar-refractivity contribution in [2.24, 2.45) is 0 Å². The smallest absolute Gasteiger partial charge is 0.262 e. The SMILES string of the molecule is O=C(NCCc1ncon1)c1sccc1C#CCCO. The number of nitrogens with zero attached hydrogens (tertiary/aromatic N) is 2. The van der Waals surface area contributed by atoms with Gasteiger partial charge >= 0.3 is 0 Å². The molecule has 0 radical (unpaired) electrons. The average molecular weight is 291 g/mol. The van der Waals surface area contributed by atoms with Crippen LogP contribution in [0.1, 0.15) is 27.5 Å². The van der Waals surface area contributed by atoms with Crippen molar-refractivity contribution >= 4 is 17.2 Å². The van der Waals surface area contributed by atoms with E-state index in [-0.39, 0.29) is 12.5 Å². The zero-order valence-electron chi connectivity index (χ0n) is 10.6. The largest absolute Gasteiger partial charge is 0.395 e. The highest BCUT2D eigenvalue weighted by atomic mass is 32.1. The third-order valence-electron chi connectivity index (χ3n) is 2.37. The molecular weight excluding hydrogens is 278 g/mol. The van der Waals surface area contributed by atoms with Crippen molar-refractivity contribution in [2.45, 2.75) is 12.8 Å². The molecule has 1 amide bonds. The number of rotatable bonds is 5. The van der Waals surface area contributed by atoms with Crippen LogP contribution in [0.5, 0.6) is 0 Å². The molecule has 2 rings (SSSR count). The molecule has 0 saturated heterocycles. The summed E-state index contributed by atoms with van der Waals surface area (Å²) >= 11 is 1.34. The highest BCUT2D eigenvalue weighted by molar-refractivity contribution is 7.12. The van der Waals surface area contributed by atoms with Crippen LogP contribution in [-0.4, -0.2) is 34.3 Å². The van der Waals surface area contributed by atoms with Crippen LogP contribution in [0.3, 0.4) is 0 Å². The summed E-state index contributed by atoms with van der Waals surface area (Å²) in [7, 11) is 0. The summed E-state index contributed by atoms with van der Waals surface area (Å²) in [6, 6.07) is 1.79. The van der Waals surface area contributed by atoms with Crippen molar-refractivity contribution < 1.29 is 14.4 Å². The highest BCUT2D eigenvalue weighted by Crippen LogP contribution is 2.15. The molecule has 104 valence electrons. The molecular formula is C13H13N3O3S. The van der Waals surface area contributed by atoms with E-state index < -0.39 is 0 Å². The first-order valence-corrected chi connectivity index (χ1v) is 6.90. The van der Waals surface area contributed by atoms with Crippen LogP contribution in [0.2, 0.25) is 0 Å². The van der Waals surface area contributed by atoms with Gasteiger partial charge in [0.15, 0.2) is 5.82 Å². The second-order valence-corrected chi connectivity index (χ2v) is 4.71. The van der Waals surface area contributed by atoms with E-state index in [4.69, 9.17) is 5.11 Å². The lowest BCUT2D eigenvalue weighted by Crippen LogP contribution is -2.25. The second kappa shape index (κ2) is 7.43. The Kier molecular flexibility index (Phi) is 5.29. The molecule has 0 fully saturated rings. The fourth-order valence-corrected chi connectivity index (χ4v) is 2.23. The van der Waals surface area contributed by atoms with Crippen molar-refractivity contribution in [3.05, 3.63) is 34.1 Å². The summed E-state index contributed by atoms with van der Waals surface area (Å²) < 4.78 is 4.61. The molecule has 2 N–H and O–H groups in total. The van der Waals surface area contributed by atoms with Gasteiger partial charge in [0.05, 0.1) is 6.61 Å². The van der Waals surface area contributed by atoms with E-state index in [0.717, 1.165) is 0 Å². The van der Waals surface area contributed by atoms with Crippen LogP contribution in [0.25, 0.3) is 0 Å². The van der Waals surface area contributed by atoms with Crippen LogP contribution in [0.4, 0.5) is 0 Å². The van der Waals surface area contributed by atoms with Crippen molar-refractivity contribution in [3.8, 4) is 11.8 Å². The number of aliphatic hydroxyl groups is 1. The van der Waals surface area contributed by atoms with Gasteiger partial charge in [-0.1, -0.05) is 17.0 Å². The summed E-state index contributed by atoms with van der Waals surface area (Å²) in [6.45, 7) is 0.448. The quantitative estimate of drug-likeness (QED) is 0.797. The summed E-state index contributed by atoms with van der Waals surface area (Å²) in [4.78, 5) is 16.4. The molecule has 0 saturated carbocycles. The number of amides is 1. The topological polar surface area (TPSA) is 88.3 Å². The molecule has 0 unspecified atom stereocenters. The number of thiophene rings is 1. The number of nitrogens with one attached hydrogen (secondary N) is 1. The Morgan fingerprint density at radius 1 is 1.55 bits per heavy atom. The predicted octanol–water partition coefficient (Wildman–Crippen LogP) is 0.837. The van der Waals surface area contributed by atoms with Gasteiger partial charge in [0.2, 0.25) is 6.39 Å². The number of carbonyl (C=O) groups is 1. The first kappa shape index (κ1) is 14.2. The lowest BCUT2D eigenvalue weighted by atomic mass is 10.2. The second-order valence-electron chi connectivity index (χ2n) is 3.79. The van der Waals surface area contributed by atoms with Gasteiger partial charge in [0.25, 0.3) is 5.91 Å². The summed E-state index contributed by atoms with van der Waals surface area (Å²) in [5.74, 6) is 6.07. The minimum atomic E-state index is -0.170. The van der Waals surface area contributed by atoms with Crippen LogP contribution in [0.15, 0.2) is 22.4 Å². The van der Waals surface area contributed by atoms with Gasteiger partial charge in [-0.3, -0.25) is 4.79 Å².